The minimum Gasteiger partial charge on any atom is -0.295 e. The van der Waals surface area contributed by atoms with E-state index in [2.05, 4.69) is 265 Å². The molecule has 0 aromatic heterocycles. The standard InChI is InChI=1S/C15H20O.C15H18O.C14H24O.2C13H24O.C13H22O.C12H22O.C11H20O.C10H18O.C9H16O/c2*1-15(2,3)12-11-14(16)10-9-13-7-5-4-6-8-13;1-14(2,3)11-10-13(15)9-8-12-6-4-5-7-12;3*1-12(2,3)9-7-11(14)8-10-13(4,5)6;1-9(2)8-10(13)12(6,7)11(3,4)5;1-9(2)8-10(12)6-7-11(3,4)5;1-6-8(2)9(11)7-10(3,4)5;1-7(2)8(10)6-9(3,4)5/h4-10H,11-12H2,1-3H3;4-8H,11-12H2,1-3H3;8-9,12H,4-7,10-11H2,1-3H3;2*7,9H,8,10H2,1-6H3;7,9H2,1-6H3;8H,1-7H3;8H,6-7H2,1-5H3;6H,7H2,1-5H3;1,6H2,2-5H3/b10-9+;;9-8+;9-7+;9-7-;;;;8-6+;/i;;;;;;;1D3;;/b;;;;;;;9-8+;;. The zero-order valence-electron chi connectivity index (χ0n) is 99.1. The van der Waals surface area contributed by atoms with E-state index in [0.29, 0.717) is 75.1 Å². The second-order valence-electron chi connectivity index (χ2n) is 52.6. The summed E-state index contributed by atoms with van der Waals surface area (Å²) in [7, 11) is 0. The van der Waals surface area contributed by atoms with Gasteiger partial charge in [0.25, 0.3) is 0 Å². The minimum absolute atomic E-state index is 0.00995. The van der Waals surface area contributed by atoms with Crippen LogP contribution in [0.4, 0.5) is 0 Å². The van der Waals surface area contributed by atoms with Crippen molar-refractivity contribution in [2.75, 3.05) is 0 Å². The third-order valence-corrected chi connectivity index (χ3v) is 20.3. The van der Waals surface area contributed by atoms with Gasteiger partial charge in [-0.1, -0.05) is 384 Å². The Labute approximate surface area is 838 Å². The summed E-state index contributed by atoms with van der Waals surface area (Å²) in [4.78, 5) is 115. The van der Waals surface area contributed by atoms with Crippen LogP contribution in [-0.4, -0.2) is 57.8 Å². The molecule has 10 heteroatoms. The highest BCUT2D eigenvalue weighted by atomic mass is 16.2. The minimum atomic E-state index is -2.14. The molecule has 0 bridgehead atoms. The molecule has 1 saturated carbocycles. The molecule has 1 aliphatic rings. The lowest BCUT2D eigenvalue weighted by Gasteiger charge is -2.36. The summed E-state index contributed by atoms with van der Waals surface area (Å²) in [5, 5.41) is 0. The smallest absolute Gasteiger partial charge is 0.205 e. The van der Waals surface area contributed by atoms with Crippen LogP contribution in [0.15, 0.2) is 150 Å². The summed E-state index contributed by atoms with van der Waals surface area (Å²) >= 11 is 0. The number of Topliss-reactive ketones (excluding diaryl/α,β-unsaturated/α-hetero) is 4. The molecular formula is C125H208O10. The van der Waals surface area contributed by atoms with Gasteiger partial charge in [0.15, 0.2) is 46.3 Å². The third kappa shape index (κ3) is 110. The molecule has 0 amide bonds. The molecule has 0 unspecified atom stereocenters. The number of rotatable bonds is 27. The predicted molar refractivity (Wildman–Crippen MR) is 590 cm³/mol. The highest BCUT2D eigenvalue weighted by molar-refractivity contribution is 5.98. The van der Waals surface area contributed by atoms with Gasteiger partial charge < -0.3 is 0 Å². The Morgan fingerprint density at radius 1 is 0.378 bits per heavy atom. The van der Waals surface area contributed by atoms with Gasteiger partial charge in [-0.25, -0.2) is 0 Å². The zero-order chi connectivity index (χ0) is 110. The monoisotopic (exact) mass is 1870 g/mol. The van der Waals surface area contributed by atoms with Gasteiger partial charge >= 0.3 is 0 Å². The molecule has 0 N–H and O–H groups in total. The van der Waals surface area contributed by atoms with Crippen molar-refractivity contribution in [3.63, 3.8) is 0 Å². The highest BCUT2D eigenvalue weighted by Crippen LogP contribution is 2.39. The van der Waals surface area contributed by atoms with E-state index < -0.39 is 6.85 Å². The largest absolute Gasteiger partial charge is 0.295 e. The molecule has 3 rings (SSSR count). The summed E-state index contributed by atoms with van der Waals surface area (Å²) in [5.74, 6) is 13.6. The maximum absolute atomic E-state index is 11.8. The second kappa shape index (κ2) is 66.7. The van der Waals surface area contributed by atoms with Crippen LogP contribution in [0, 0.1) is 105 Å². The van der Waals surface area contributed by atoms with Gasteiger partial charge in [-0.3, -0.25) is 47.9 Å². The Kier molecular flexibility index (Phi) is 65.9. The molecular weight excluding hydrogens is 1660 g/mol. The number of hydrogen-bond acceptors (Lipinski definition) is 10. The van der Waals surface area contributed by atoms with Crippen LogP contribution in [0.2, 0.25) is 0 Å². The van der Waals surface area contributed by atoms with Gasteiger partial charge in [-0.15, -0.1) is 0 Å². The van der Waals surface area contributed by atoms with Crippen LogP contribution < -0.4 is 0 Å². The van der Waals surface area contributed by atoms with Gasteiger partial charge in [0, 0.05) is 78.3 Å². The summed E-state index contributed by atoms with van der Waals surface area (Å²) in [6.07, 6.45) is 36.9. The van der Waals surface area contributed by atoms with Crippen molar-refractivity contribution in [1.82, 2.24) is 0 Å². The van der Waals surface area contributed by atoms with E-state index in [-0.39, 0.29) is 133 Å². The Balaban J connectivity index is -0.000000277. The highest BCUT2D eigenvalue weighted by Gasteiger charge is 2.38. The van der Waals surface area contributed by atoms with Crippen molar-refractivity contribution in [2.24, 2.45) is 81.7 Å². The lowest BCUT2D eigenvalue weighted by molar-refractivity contribution is -0.127. The quantitative estimate of drug-likeness (QED) is 0.0476. The molecule has 0 atom stereocenters. The van der Waals surface area contributed by atoms with E-state index in [1.165, 1.54) is 38.7 Å². The van der Waals surface area contributed by atoms with E-state index in [0.717, 1.165) is 67.2 Å². The zero-order valence-corrected chi connectivity index (χ0v) is 96.1. The van der Waals surface area contributed by atoms with Crippen LogP contribution in [-0.2, 0) is 47.9 Å². The molecule has 2 aromatic carbocycles. The van der Waals surface area contributed by atoms with Crippen molar-refractivity contribution in [1.29, 1.82) is 0 Å². The maximum Gasteiger partial charge on any atom is 0.205 e. The van der Waals surface area contributed by atoms with Gasteiger partial charge in [-0.05, 0) is 275 Å². The molecule has 10 nitrogen and oxygen atoms in total. The number of allylic oxidation sites excluding steroid dienone is 14. The van der Waals surface area contributed by atoms with Gasteiger partial charge in [0.1, 0.15) is 0 Å². The van der Waals surface area contributed by atoms with Crippen LogP contribution in [0.1, 0.15) is 476 Å². The van der Waals surface area contributed by atoms with Gasteiger partial charge in [-0.2, -0.15) is 0 Å². The van der Waals surface area contributed by atoms with E-state index in [1.807, 2.05) is 174 Å². The van der Waals surface area contributed by atoms with Crippen molar-refractivity contribution >= 4 is 63.9 Å². The first-order valence-corrected chi connectivity index (χ1v) is 49.9. The molecule has 1 aliphatic carbocycles. The number of hydrogen-bond donors (Lipinski definition) is 0. The number of benzene rings is 2. The molecule has 0 saturated heterocycles. The molecule has 768 valence electrons. The van der Waals surface area contributed by atoms with Crippen molar-refractivity contribution < 1.29 is 52.1 Å². The number of ketones is 10. The SMILES string of the molecule is C/C=C(\C)C(=O)CC(C)(C)C.C=C(C)C(=O)CC(C)(C)C.CC(C)(C)/C=C/C(=O)CCC(C)(C)C.CC(C)(C)/C=C\C(=O)CCC(C)(C)C.CC(C)(C)C#CC(=O)CCC(C)(C)C.CC(C)(C)CCC(=O)/C=C/C1CCCC1.CC(C)(C)CCC(=O)/C=C/c1ccccc1.CC(C)(C)CCC(=O)C#Cc1ccccc1.CC(C)=CC(=O)C(C)(C)C(C)(C)C.[2H]C([2H])([2H])/C(C)=C\C(=O)CCC(C)(C)C. The van der Waals surface area contributed by atoms with Crippen molar-refractivity contribution in [3.8, 4) is 23.7 Å². The number of carbonyl (C=O) groups is 10. The third-order valence-electron chi connectivity index (χ3n) is 20.3. The molecule has 1 fully saturated rings. The maximum atomic E-state index is 11.8. The van der Waals surface area contributed by atoms with E-state index in [1.54, 1.807) is 31.2 Å². The fourth-order valence-electron chi connectivity index (χ4n) is 10.2. The summed E-state index contributed by atoms with van der Waals surface area (Å²) in [6.45, 7) is 98.6. The summed E-state index contributed by atoms with van der Waals surface area (Å²) in [5.41, 5.74) is 6.37. The normalized spacial score (nSPS) is 13.5. The molecule has 0 aliphatic heterocycles. The lowest BCUT2D eigenvalue weighted by atomic mass is 9.66. The molecule has 2 aromatic rings. The average molecular weight is 1870 g/mol. The Hall–Kier alpha value is -7.82. The first-order chi connectivity index (χ1) is 61.5. The fraction of sp³-hybridized carbons (Fsp3) is 0.664. The predicted octanol–water partition coefficient (Wildman–Crippen LogP) is 35.5. The average Bonchev–Trinajstić information content (AvgIpc) is 0.995. The Bertz CT molecular complexity index is 4240. The van der Waals surface area contributed by atoms with Gasteiger partial charge in [0.2, 0.25) is 11.6 Å². The van der Waals surface area contributed by atoms with Crippen LogP contribution in [0.5, 0.6) is 0 Å². The second-order valence-corrected chi connectivity index (χ2v) is 52.6. The van der Waals surface area contributed by atoms with E-state index in [4.69, 9.17) is 4.11 Å². The fourth-order valence-corrected chi connectivity index (χ4v) is 10.2. The van der Waals surface area contributed by atoms with Crippen molar-refractivity contribution in [2.45, 2.75) is 461 Å². The first-order valence-electron chi connectivity index (χ1n) is 51.4. The first kappa shape index (κ1) is 133. The summed E-state index contributed by atoms with van der Waals surface area (Å²) < 4.78 is 21.3. The van der Waals surface area contributed by atoms with Crippen molar-refractivity contribution in [3.05, 3.63) is 161 Å². The molecule has 0 spiro atoms. The lowest BCUT2D eigenvalue weighted by Crippen LogP contribution is -2.36. The van der Waals surface area contributed by atoms with E-state index in [9.17, 15) is 47.9 Å². The van der Waals surface area contributed by atoms with E-state index >= 15 is 0 Å². The van der Waals surface area contributed by atoms with Crippen LogP contribution in [0.3, 0.4) is 0 Å². The molecule has 0 heterocycles. The Morgan fingerprint density at radius 3 is 0.993 bits per heavy atom. The van der Waals surface area contributed by atoms with Crippen LogP contribution >= 0.6 is 0 Å². The van der Waals surface area contributed by atoms with Gasteiger partial charge in [0.05, 0.1) is 0 Å². The Morgan fingerprint density at radius 2 is 0.696 bits per heavy atom. The van der Waals surface area contributed by atoms with Crippen LogP contribution in [0.25, 0.3) is 6.08 Å². The summed E-state index contributed by atoms with van der Waals surface area (Å²) in [6, 6.07) is 19.5. The topological polar surface area (TPSA) is 171 Å². The number of carbonyl (C=O) groups excluding carboxylic acids is 10. The molecule has 0 radical (unpaired) electrons. The molecule has 135 heavy (non-hydrogen) atoms.